The monoisotopic (exact) mass is 240 g/mol. The molecule has 0 aromatic carbocycles. The molecule has 0 bridgehead atoms. The highest BCUT2D eigenvalue weighted by atomic mass is 28.3. The third-order valence-electron chi connectivity index (χ3n) is 2.30. The summed E-state index contributed by atoms with van der Waals surface area (Å²) in [6, 6.07) is 0. The average Bonchev–Trinajstić information content (AvgIpc) is 2.57. The van der Waals surface area contributed by atoms with E-state index in [9.17, 15) is 0 Å². The van der Waals surface area contributed by atoms with Crippen molar-refractivity contribution in [1.82, 2.24) is 15.0 Å². The van der Waals surface area contributed by atoms with Gasteiger partial charge in [-0.15, -0.1) is 10.3 Å². The Hall–Kier alpha value is -1.17. The van der Waals surface area contributed by atoms with Crippen molar-refractivity contribution < 1.29 is 4.53 Å². The van der Waals surface area contributed by atoms with E-state index in [0.717, 1.165) is 5.69 Å². The number of aromatic nitrogens is 3. The predicted molar refractivity (Wildman–Crippen MR) is 67.0 cm³/mol. The summed E-state index contributed by atoms with van der Waals surface area (Å²) >= 11 is 0. The van der Waals surface area contributed by atoms with Gasteiger partial charge in [0.25, 0.3) is 9.04 Å². The molecular weight excluding hydrogens is 220 g/mol. The molecule has 1 aromatic heterocycles. The van der Waals surface area contributed by atoms with E-state index in [0.29, 0.717) is 11.1 Å². The quantitative estimate of drug-likeness (QED) is 0.447. The zero-order valence-corrected chi connectivity index (χ0v) is 11.7. The summed E-state index contributed by atoms with van der Waals surface area (Å²) in [5, 5.41) is 11.7. The van der Waals surface area contributed by atoms with Crippen LogP contribution in [0.2, 0.25) is 11.1 Å². The summed E-state index contributed by atoms with van der Waals surface area (Å²) in [6.07, 6.45) is 3.42. The molecule has 0 radical (unpaired) electrons. The lowest BCUT2D eigenvalue weighted by atomic mass is 10.5. The molecule has 0 saturated carbocycles. The van der Waals surface area contributed by atoms with Gasteiger partial charge in [-0.25, -0.2) is 0 Å². The Morgan fingerprint density at radius 3 is 2.44 bits per heavy atom. The first kappa shape index (κ1) is 12.9. The topological polar surface area (TPSA) is 52.3 Å². The van der Waals surface area contributed by atoms with Gasteiger partial charge in [0.05, 0.1) is 12.4 Å². The zero-order valence-electron chi connectivity index (χ0n) is 10.6. The SMILES string of the molecule is CC(C)[SiH](ON=Cc1cn(C)nn1)C(C)C. The van der Waals surface area contributed by atoms with Gasteiger partial charge in [0, 0.05) is 7.05 Å². The molecule has 0 atom stereocenters. The van der Waals surface area contributed by atoms with Gasteiger partial charge < -0.3 is 4.53 Å². The second-order valence-corrected chi connectivity index (χ2v) is 8.42. The highest BCUT2D eigenvalue weighted by Crippen LogP contribution is 2.20. The van der Waals surface area contributed by atoms with Crippen molar-refractivity contribution in [3.63, 3.8) is 0 Å². The smallest absolute Gasteiger partial charge is 0.277 e. The van der Waals surface area contributed by atoms with E-state index in [1.807, 2.05) is 7.05 Å². The Bertz CT molecular complexity index is 340. The maximum Gasteiger partial charge on any atom is 0.277 e. The van der Waals surface area contributed by atoms with Gasteiger partial charge in [0.1, 0.15) is 5.69 Å². The van der Waals surface area contributed by atoms with Crippen molar-refractivity contribution in [3.05, 3.63) is 11.9 Å². The van der Waals surface area contributed by atoms with Crippen LogP contribution in [0.4, 0.5) is 0 Å². The molecule has 90 valence electrons. The van der Waals surface area contributed by atoms with Crippen molar-refractivity contribution in [3.8, 4) is 0 Å². The molecular formula is C10H20N4OSi. The molecule has 0 unspecified atom stereocenters. The molecule has 0 saturated heterocycles. The van der Waals surface area contributed by atoms with Crippen LogP contribution < -0.4 is 0 Å². The zero-order chi connectivity index (χ0) is 12.1. The van der Waals surface area contributed by atoms with Crippen LogP contribution in [0, 0.1) is 0 Å². The average molecular weight is 240 g/mol. The van der Waals surface area contributed by atoms with E-state index < -0.39 is 9.04 Å². The predicted octanol–water partition coefficient (Wildman–Crippen LogP) is 1.71. The van der Waals surface area contributed by atoms with Crippen molar-refractivity contribution in [2.24, 2.45) is 12.2 Å². The number of hydrogen-bond donors (Lipinski definition) is 0. The number of hydrogen-bond acceptors (Lipinski definition) is 4. The van der Waals surface area contributed by atoms with Crippen molar-refractivity contribution in [2.75, 3.05) is 0 Å². The maximum atomic E-state index is 5.61. The van der Waals surface area contributed by atoms with E-state index in [2.05, 4.69) is 43.2 Å². The van der Waals surface area contributed by atoms with Crippen molar-refractivity contribution >= 4 is 15.3 Å². The Labute approximate surface area is 98.2 Å². The molecule has 16 heavy (non-hydrogen) atoms. The van der Waals surface area contributed by atoms with E-state index >= 15 is 0 Å². The molecule has 1 aromatic rings. The summed E-state index contributed by atoms with van der Waals surface area (Å²) in [7, 11) is 0.557. The van der Waals surface area contributed by atoms with Gasteiger partial charge in [0.2, 0.25) is 0 Å². The summed E-state index contributed by atoms with van der Waals surface area (Å²) in [5.74, 6) is 0. The minimum atomic E-state index is -1.27. The number of nitrogens with zero attached hydrogens (tertiary/aromatic N) is 4. The van der Waals surface area contributed by atoms with Crippen LogP contribution in [0.25, 0.3) is 0 Å². The molecule has 5 nitrogen and oxygen atoms in total. The Morgan fingerprint density at radius 2 is 2.00 bits per heavy atom. The van der Waals surface area contributed by atoms with Gasteiger partial charge in [-0.3, -0.25) is 4.68 Å². The lowest BCUT2D eigenvalue weighted by Gasteiger charge is -2.19. The lowest BCUT2D eigenvalue weighted by molar-refractivity contribution is 0.332. The van der Waals surface area contributed by atoms with E-state index in [-0.39, 0.29) is 0 Å². The molecule has 1 heterocycles. The number of oxime groups is 1. The molecule has 0 N–H and O–H groups in total. The summed E-state index contributed by atoms with van der Waals surface area (Å²) in [6.45, 7) is 8.76. The molecule has 0 spiro atoms. The van der Waals surface area contributed by atoms with E-state index in [4.69, 9.17) is 4.53 Å². The van der Waals surface area contributed by atoms with Crippen molar-refractivity contribution in [1.29, 1.82) is 0 Å². The van der Waals surface area contributed by atoms with Gasteiger partial charge in [-0.1, -0.05) is 32.9 Å². The molecule has 0 aliphatic carbocycles. The third kappa shape index (κ3) is 3.77. The minimum Gasteiger partial charge on any atom is -0.458 e. The van der Waals surface area contributed by atoms with Crippen LogP contribution in [0.5, 0.6) is 0 Å². The normalized spacial score (nSPS) is 12.2. The van der Waals surface area contributed by atoms with Crippen LogP contribution in [0.1, 0.15) is 33.4 Å². The van der Waals surface area contributed by atoms with Crippen LogP contribution in [0.3, 0.4) is 0 Å². The van der Waals surface area contributed by atoms with Gasteiger partial charge in [-0.2, -0.15) is 0 Å². The summed E-state index contributed by atoms with van der Waals surface area (Å²) in [5.41, 5.74) is 1.89. The first-order chi connectivity index (χ1) is 7.50. The van der Waals surface area contributed by atoms with Crippen LogP contribution >= 0.6 is 0 Å². The van der Waals surface area contributed by atoms with Gasteiger partial charge in [-0.05, 0) is 11.1 Å². The Morgan fingerprint density at radius 1 is 1.38 bits per heavy atom. The highest BCUT2D eigenvalue weighted by molar-refractivity contribution is 6.54. The Kier molecular flexibility index (Phi) is 4.66. The van der Waals surface area contributed by atoms with Gasteiger partial charge in [0.15, 0.2) is 0 Å². The molecule has 0 amide bonds. The largest absolute Gasteiger partial charge is 0.458 e. The second kappa shape index (κ2) is 5.79. The highest BCUT2D eigenvalue weighted by Gasteiger charge is 2.22. The number of aryl methyl sites for hydroxylation is 1. The fraction of sp³-hybridized carbons (Fsp3) is 0.700. The van der Waals surface area contributed by atoms with Crippen LogP contribution in [0.15, 0.2) is 11.4 Å². The number of rotatable bonds is 5. The maximum absolute atomic E-state index is 5.61. The summed E-state index contributed by atoms with van der Waals surface area (Å²) in [4.78, 5) is 0. The van der Waals surface area contributed by atoms with E-state index in [1.165, 1.54) is 0 Å². The lowest BCUT2D eigenvalue weighted by Crippen LogP contribution is -2.23. The fourth-order valence-corrected chi connectivity index (χ4v) is 3.82. The minimum absolute atomic E-state index is 0.582. The molecule has 0 aliphatic rings. The van der Waals surface area contributed by atoms with E-state index in [1.54, 1.807) is 17.1 Å². The molecule has 0 aliphatic heterocycles. The molecule has 0 fully saturated rings. The van der Waals surface area contributed by atoms with Crippen molar-refractivity contribution in [2.45, 2.75) is 38.8 Å². The first-order valence-corrected chi connectivity index (χ1v) is 7.36. The molecule has 1 rings (SSSR count). The first-order valence-electron chi connectivity index (χ1n) is 5.56. The van der Waals surface area contributed by atoms with Crippen LogP contribution in [-0.4, -0.2) is 30.2 Å². The standard InChI is InChI=1S/C10H20N4OSi/c1-8(2)16(9(3)4)15-11-6-10-7-14(5)13-12-10/h6-9,16H,1-5H3. The summed E-state index contributed by atoms with van der Waals surface area (Å²) < 4.78 is 7.25. The second-order valence-electron chi connectivity index (χ2n) is 4.61. The van der Waals surface area contributed by atoms with Crippen LogP contribution in [-0.2, 0) is 11.6 Å². The Balaban J connectivity index is 2.52. The fourth-order valence-electron chi connectivity index (χ4n) is 1.59. The molecule has 6 heteroatoms. The van der Waals surface area contributed by atoms with Gasteiger partial charge >= 0.3 is 0 Å². The third-order valence-corrected chi connectivity index (χ3v) is 5.30.